The number of carbonyl (C=O) groups excluding carboxylic acids is 1. The molecular formula is C18H23FN2O3S. The predicted molar refractivity (Wildman–Crippen MR) is 91.2 cm³/mol. The molecule has 4 rings (SSSR count). The number of amides is 1. The summed E-state index contributed by atoms with van der Waals surface area (Å²) in [6.07, 6.45) is 7.78. The number of benzene rings is 1. The topological polar surface area (TPSA) is 66.5 Å². The van der Waals surface area contributed by atoms with E-state index in [9.17, 15) is 17.6 Å². The Balaban J connectivity index is 1.63. The summed E-state index contributed by atoms with van der Waals surface area (Å²) in [5.74, 6) is -0.985. The molecule has 0 saturated heterocycles. The number of sulfonamides is 1. The van der Waals surface area contributed by atoms with Crippen LogP contribution >= 0.6 is 0 Å². The minimum absolute atomic E-state index is 0.106. The van der Waals surface area contributed by atoms with Crippen LogP contribution in [0.1, 0.15) is 61.7 Å². The third kappa shape index (κ3) is 3.58. The summed E-state index contributed by atoms with van der Waals surface area (Å²) in [6, 6.07) is 4.07. The van der Waals surface area contributed by atoms with E-state index in [2.05, 4.69) is 4.72 Å². The zero-order valence-corrected chi connectivity index (χ0v) is 14.9. The van der Waals surface area contributed by atoms with E-state index in [1.165, 1.54) is 12.1 Å². The minimum atomic E-state index is -3.93. The highest BCUT2D eigenvalue weighted by Gasteiger charge is 2.39. The first-order chi connectivity index (χ1) is 12.0. The first-order valence-electron chi connectivity index (χ1n) is 9.10. The summed E-state index contributed by atoms with van der Waals surface area (Å²) in [5, 5.41) is 0. The largest absolute Gasteiger partial charge is 0.333 e. The van der Waals surface area contributed by atoms with Crippen molar-refractivity contribution in [2.75, 3.05) is 0 Å². The molecule has 0 aliphatic heterocycles. The Morgan fingerprint density at radius 2 is 1.68 bits per heavy atom. The zero-order valence-electron chi connectivity index (χ0n) is 14.1. The second kappa shape index (κ2) is 6.36. The van der Waals surface area contributed by atoms with Crippen molar-refractivity contribution in [3.8, 4) is 0 Å². The van der Waals surface area contributed by atoms with E-state index in [-0.39, 0.29) is 29.6 Å². The van der Waals surface area contributed by atoms with E-state index in [0.717, 1.165) is 57.4 Å². The van der Waals surface area contributed by atoms with Gasteiger partial charge in [0.1, 0.15) is 10.7 Å². The van der Waals surface area contributed by atoms with Crippen LogP contribution < -0.4 is 4.72 Å². The van der Waals surface area contributed by atoms with Crippen LogP contribution in [0, 0.1) is 5.82 Å². The Hall–Kier alpha value is -1.47. The van der Waals surface area contributed by atoms with Gasteiger partial charge in [0, 0.05) is 23.7 Å². The van der Waals surface area contributed by atoms with Gasteiger partial charge in [0.15, 0.2) is 0 Å². The lowest BCUT2D eigenvalue weighted by Gasteiger charge is -2.29. The van der Waals surface area contributed by atoms with E-state index in [0.29, 0.717) is 0 Å². The third-order valence-electron chi connectivity index (χ3n) is 5.26. The predicted octanol–water partition coefficient (Wildman–Crippen LogP) is 2.81. The van der Waals surface area contributed by atoms with Crippen LogP contribution in [-0.2, 0) is 10.0 Å². The van der Waals surface area contributed by atoms with Gasteiger partial charge in [0.2, 0.25) is 10.0 Å². The SMILES string of the molecule is O=C(c1ccc(F)c(S(=O)(=O)NC2CC2)c1)N(C1CCCC1)C1CC1. The van der Waals surface area contributed by atoms with Crippen LogP contribution in [0.4, 0.5) is 4.39 Å². The molecule has 1 aromatic carbocycles. The fraction of sp³-hybridized carbons (Fsp3) is 0.611. The Morgan fingerprint density at radius 1 is 1.04 bits per heavy atom. The van der Waals surface area contributed by atoms with E-state index < -0.39 is 20.7 Å². The molecular weight excluding hydrogens is 343 g/mol. The van der Waals surface area contributed by atoms with Crippen LogP contribution in [0.5, 0.6) is 0 Å². The van der Waals surface area contributed by atoms with Gasteiger partial charge in [0.25, 0.3) is 5.91 Å². The lowest BCUT2D eigenvalue weighted by atomic mass is 10.1. The smallest absolute Gasteiger partial charge is 0.254 e. The van der Waals surface area contributed by atoms with E-state index in [1.54, 1.807) is 0 Å². The van der Waals surface area contributed by atoms with E-state index >= 15 is 0 Å². The first kappa shape index (κ1) is 17.0. The van der Waals surface area contributed by atoms with Crippen LogP contribution in [-0.4, -0.2) is 37.4 Å². The van der Waals surface area contributed by atoms with Gasteiger partial charge in [-0.3, -0.25) is 4.79 Å². The van der Waals surface area contributed by atoms with E-state index in [4.69, 9.17) is 0 Å². The molecule has 5 nitrogen and oxygen atoms in total. The Kier molecular flexibility index (Phi) is 4.32. The van der Waals surface area contributed by atoms with Crippen molar-refractivity contribution in [1.29, 1.82) is 0 Å². The van der Waals surface area contributed by atoms with E-state index in [1.807, 2.05) is 4.90 Å². The molecule has 3 fully saturated rings. The normalized spacial score (nSPS) is 21.5. The average molecular weight is 366 g/mol. The molecule has 3 saturated carbocycles. The highest BCUT2D eigenvalue weighted by molar-refractivity contribution is 7.89. The second-order valence-electron chi connectivity index (χ2n) is 7.42. The fourth-order valence-corrected chi connectivity index (χ4v) is 5.05. The number of hydrogen-bond donors (Lipinski definition) is 1. The second-order valence-corrected chi connectivity index (χ2v) is 9.11. The monoisotopic (exact) mass is 366 g/mol. The number of nitrogens with zero attached hydrogens (tertiary/aromatic N) is 1. The maximum atomic E-state index is 14.1. The molecule has 136 valence electrons. The minimum Gasteiger partial charge on any atom is -0.333 e. The number of carbonyl (C=O) groups is 1. The molecule has 1 amide bonds. The molecule has 3 aliphatic rings. The average Bonchev–Trinajstić information content (AvgIpc) is 3.49. The molecule has 0 heterocycles. The number of hydrogen-bond acceptors (Lipinski definition) is 3. The standard InChI is InChI=1S/C18H23FN2O3S/c19-16-10-5-12(11-17(16)25(23,24)20-13-6-7-13)18(22)21(15-8-9-15)14-3-1-2-4-14/h5,10-11,13-15,20H,1-4,6-9H2. The van der Waals surface area contributed by atoms with Gasteiger partial charge in [-0.2, -0.15) is 0 Å². The van der Waals surface area contributed by atoms with Crippen molar-refractivity contribution < 1.29 is 17.6 Å². The van der Waals surface area contributed by atoms with Crippen molar-refractivity contribution in [2.24, 2.45) is 0 Å². The maximum Gasteiger partial charge on any atom is 0.254 e. The van der Waals surface area contributed by atoms with Gasteiger partial charge < -0.3 is 4.90 Å². The van der Waals surface area contributed by atoms with Gasteiger partial charge in [-0.1, -0.05) is 12.8 Å². The van der Waals surface area contributed by atoms with Crippen LogP contribution in [0.25, 0.3) is 0 Å². The van der Waals surface area contributed by atoms with Crippen molar-refractivity contribution in [2.45, 2.75) is 74.4 Å². The Morgan fingerprint density at radius 3 is 2.28 bits per heavy atom. The van der Waals surface area contributed by atoms with Crippen molar-refractivity contribution in [3.05, 3.63) is 29.6 Å². The molecule has 25 heavy (non-hydrogen) atoms. The molecule has 7 heteroatoms. The van der Waals surface area contributed by atoms with Crippen molar-refractivity contribution >= 4 is 15.9 Å². The number of rotatable bonds is 6. The molecule has 0 aromatic heterocycles. The van der Waals surface area contributed by atoms with Crippen molar-refractivity contribution in [1.82, 2.24) is 9.62 Å². The number of halogens is 1. The van der Waals surface area contributed by atoms with Gasteiger partial charge in [0.05, 0.1) is 0 Å². The van der Waals surface area contributed by atoms with Crippen LogP contribution in [0.3, 0.4) is 0 Å². The van der Waals surface area contributed by atoms with Crippen LogP contribution in [0.2, 0.25) is 0 Å². The molecule has 3 aliphatic carbocycles. The maximum absolute atomic E-state index is 14.1. The third-order valence-corrected chi connectivity index (χ3v) is 6.80. The summed E-state index contributed by atoms with van der Waals surface area (Å²) in [4.78, 5) is 14.5. The van der Waals surface area contributed by atoms with Gasteiger partial charge in [-0.25, -0.2) is 17.5 Å². The highest BCUT2D eigenvalue weighted by Crippen LogP contribution is 2.36. The fourth-order valence-electron chi connectivity index (χ4n) is 3.64. The van der Waals surface area contributed by atoms with Gasteiger partial charge in [-0.05, 0) is 56.7 Å². The lowest BCUT2D eigenvalue weighted by Crippen LogP contribution is -2.40. The molecule has 0 spiro atoms. The zero-order chi connectivity index (χ0) is 17.6. The Labute approximate surface area is 147 Å². The van der Waals surface area contributed by atoms with Gasteiger partial charge in [-0.15, -0.1) is 0 Å². The summed E-state index contributed by atoms with van der Waals surface area (Å²) in [6.45, 7) is 0. The molecule has 1 aromatic rings. The lowest BCUT2D eigenvalue weighted by molar-refractivity contribution is 0.0664. The summed E-state index contributed by atoms with van der Waals surface area (Å²) in [7, 11) is -3.93. The highest BCUT2D eigenvalue weighted by atomic mass is 32.2. The molecule has 0 atom stereocenters. The molecule has 0 radical (unpaired) electrons. The Bertz CT molecular complexity index is 782. The molecule has 0 unspecified atom stereocenters. The summed E-state index contributed by atoms with van der Waals surface area (Å²) >= 11 is 0. The quantitative estimate of drug-likeness (QED) is 0.842. The summed E-state index contributed by atoms with van der Waals surface area (Å²) in [5.41, 5.74) is 0.261. The number of nitrogens with one attached hydrogen (secondary N) is 1. The molecule has 1 N–H and O–H groups in total. The van der Waals surface area contributed by atoms with Crippen LogP contribution in [0.15, 0.2) is 23.1 Å². The van der Waals surface area contributed by atoms with Crippen molar-refractivity contribution in [3.63, 3.8) is 0 Å². The van der Waals surface area contributed by atoms with Gasteiger partial charge >= 0.3 is 0 Å². The summed E-state index contributed by atoms with van der Waals surface area (Å²) < 4.78 is 41.4. The molecule has 0 bridgehead atoms. The first-order valence-corrected chi connectivity index (χ1v) is 10.6.